The van der Waals surface area contributed by atoms with E-state index >= 15 is 0 Å². The van der Waals surface area contributed by atoms with Gasteiger partial charge in [-0.05, 0) is 0 Å². The van der Waals surface area contributed by atoms with E-state index in [0.29, 0.717) is 4.90 Å². The first kappa shape index (κ1) is 12.9. The van der Waals surface area contributed by atoms with Crippen molar-refractivity contribution in [2.75, 3.05) is 6.61 Å². The highest BCUT2D eigenvalue weighted by molar-refractivity contribution is 6.13. The normalized spacial score (nSPS) is 39.6. The standard InChI is InChI=1S/C9H12N2O7/c1-3(13)11-8(17)10-7(16)9(11)6(15)5(14)4(2-12)18-9/h4-6,12,14-15H,2H2,1H3,(H,10,16,17)/t4-,5-,6-,9+/m1/s1. The molecule has 2 aliphatic rings. The minimum atomic E-state index is -2.31. The van der Waals surface area contributed by atoms with Crippen LogP contribution in [0.3, 0.4) is 0 Å². The first-order chi connectivity index (χ1) is 8.36. The molecular weight excluding hydrogens is 248 g/mol. The fraction of sp³-hybridized carbons (Fsp3) is 0.667. The molecule has 2 aliphatic heterocycles. The first-order valence-electron chi connectivity index (χ1n) is 5.17. The van der Waals surface area contributed by atoms with Crippen LogP contribution in [0.4, 0.5) is 4.79 Å². The second-order valence-electron chi connectivity index (χ2n) is 4.08. The summed E-state index contributed by atoms with van der Waals surface area (Å²) in [5, 5.41) is 30.3. The highest BCUT2D eigenvalue weighted by atomic mass is 16.6. The number of hydrogen-bond acceptors (Lipinski definition) is 7. The lowest BCUT2D eigenvalue weighted by Crippen LogP contribution is -2.59. The van der Waals surface area contributed by atoms with Gasteiger partial charge in [0, 0.05) is 6.92 Å². The van der Waals surface area contributed by atoms with Gasteiger partial charge in [0.05, 0.1) is 6.61 Å². The molecule has 2 fully saturated rings. The van der Waals surface area contributed by atoms with Crippen LogP contribution in [0.2, 0.25) is 0 Å². The van der Waals surface area contributed by atoms with E-state index < -0.39 is 48.5 Å². The van der Waals surface area contributed by atoms with E-state index in [-0.39, 0.29) is 0 Å². The molecular formula is C9H12N2O7. The fourth-order valence-electron chi connectivity index (χ4n) is 2.19. The van der Waals surface area contributed by atoms with Gasteiger partial charge in [-0.3, -0.25) is 14.9 Å². The van der Waals surface area contributed by atoms with E-state index in [1.807, 2.05) is 5.32 Å². The maximum absolute atomic E-state index is 11.7. The smallest absolute Gasteiger partial charge is 0.333 e. The summed E-state index contributed by atoms with van der Waals surface area (Å²) in [5.41, 5.74) is -2.31. The van der Waals surface area contributed by atoms with Crippen molar-refractivity contribution < 1.29 is 34.4 Å². The molecule has 0 radical (unpaired) electrons. The zero-order valence-corrected chi connectivity index (χ0v) is 9.36. The van der Waals surface area contributed by atoms with Crippen LogP contribution in [-0.2, 0) is 14.3 Å². The monoisotopic (exact) mass is 260 g/mol. The number of nitrogens with zero attached hydrogens (tertiary/aromatic N) is 1. The number of imide groups is 2. The van der Waals surface area contributed by atoms with Gasteiger partial charge in [0.1, 0.15) is 18.3 Å². The Balaban J connectivity index is 2.48. The van der Waals surface area contributed by atoms with Crippen LogP contribution in [0.15, 0.2) is 0 Å². The molecule has 4 N–H and O–H groups in total. The number of nitrogens with one attached hydrogen (secondary N) is 1. The van der Waals surface area contributed by atoms with Crippen LogP contribution >= 0.6 is 0 Å². The summed E-state index contributed by atoms with van der Waals surface area (Å²) < 4.78 is 5.06. The van der Waals surface area contributed by atoms with Crippen molar-refractivity contribution in [2.45, 2.75) is 31.0 Å². The summed E-state index contributed by atoms with van der Waals surface area (Å²) in [5.74, 6) is -1.88. The summed E-state index contributed by atoms with van der Waals surface area (Å²) in [6.45, 7) is 0.335. The summed E-state index contributed by atoms with van der Waals surface area (Å²) in [7, 11) is 0. The Hall–Kier alpha value is -1.55. The van der Waals surface area contributed by atoms with Crippen LogP contribution in [0.1, 0.15) is 6.92 Å². The van der Waals surface area contributed by atoms with Crippen molar-refractivity contribution in [3.8, 4) is 0 Å². The van der Waals surface area contributed by atoms with Gasteiger partial charge in [-0.1, -0.05) is 0 Å². The summed E-state index contributed by atoms with van der Waals surface area (Å²) >= 11 is 0. The summed E-state index contributed by atoms with van der Waals surface area (Å²) in [6, 6.07) is -1.04. The van der Waals surface area contributed by atoms with Gasteiger partial charge in [-0.2, -0.15) is 0 Å². The molecule has 2 heterocycles. The van der Waals surface area contributed by atoms with Crippen molar-refractivity contribution in [3.05, 3.63) is 0 Å². The molecule has 0 saturated carbocycles. The Kier molecular flexibility index (Phi) is 2.86. The van der Waals surface area contributed by atoms with Gasteiger partial charge >= 0.3 is 6.03 Å². The Morgan fingerprint density at radius 3 is 2.56 bits per heavy atom. The fourth-order valence-corrected chi connectivity index (χ4v) is 2.19. The number of aliphatic hydroxyl groups is 3. The Labute approximate surface area is 101 Å². The third-order valence-electron chi connectivity index (χ3n) is 3.01. The Morgan fingerprint density at radius 2 is 2.11 bits per heavy atom. The molecule has 1 spiro atoms. The van der Waals surface area contributed by atoms with Crippen LogP contribution in [0.5, 0.6) is 0 Å². The zero-order valence-electron chi connectivity index (χ0n) is 9.36. The Bertz CT molecular complexity index is 425. The zero-order chi connectivity index (χ0) is 13.7. The summed E-state index contributed by atoms with van der Waals surface area (Å²) in [4.78, 5) is 35.0. The molecule has 100 valence electrons. The van der Waals surface area contributed by atoms with Crippen molar-refractivity contribution in [2.24, 2.45) is 0 Å². The van der Waals surface area contributed by atoms with E-state index in [2.05, 4.69) is 0 Å². The van der Waals surface area contributed by atoms with Gasteiger partial charge in [-0.25, -0.2) is 9.69 Å². The van der Waals surface area contributed by atoms with E-state index in [0.717, 1.165) is 6.92 Å². The molecule has 2 saturated heterocycles. The maximum atomic E-state index is 11.7. The number of ether oxygens (including phenoxy) is 1. The van der Waals surface area contributed by atoms with Crippen molar-refractivity contribution in [1.82, 2.24) is 10.2 Å². The second-order valence-corrected chi connectivity index (χ2v) is 4.08. The lowest BCUT2D eigenvalue weighted by molar-refractivity contribution is -0.181. The van der Waals surface area contributed by atoms with Crippen LogP contribution in [-0.4, -0.2) is 68.7 Å². The number of aliphatic hydroxyl groups excluding tert-OH is 3. The number of urea groups is 1. The molecule has 9 heteroatoms. The predicted molar refractivity (Wildman–Crippen MR) is 52.8 cm³/mol. The van der Waals surface area contributed by atoms with E-state index in [4.69, 9.17) is 9.84 Å². The van der Waals surface area contributed by atoms with Crippen LogP contribution in [0, 0.1) is 0 Å². The minimum absolute atomic E-state index is 0.402. The topological polar surface area (TPSA) is 136 Å². The number of rotatable bonds is 1. The van der Waals surface area contributed by atoms with Crippen molar-refractivity contribution in [3.63, 3.8) is 0 Å². The van der Waals surface area contributed by atoms with Crippen molar-refractivity contribution in [1.29, 1.82) is 0 Å². The molecule has 18 heavy (non-hydrogen) atoms. The molecule has 4 atom stereocenters. The molecule has 0 aliphatic carbocycles. The molecule has 0 unspecified atom stereocenters. The van der Waals surface area contributed by atoms with E-state index in [1.54, 1.807) is 0 Å². The lowest BCUT2D eigenvalue weighted by atomic mass is 10.0. The first-order valence-corrected chi connectivity index (χ1v) is 5.17. The third kappa shape index (κ3) is 1.38. The summed E-state index contributed by atoms with van der Waals surface area (Å²) in [6.07, 6.45) is -4.68. The quantitative estimate of drug-likeness (QED) is 0.366. The average Bonchev–Trinajstić information content (AvgIpc) is 2.69. The molecule has 0 aromatic rings. The maximum Gasteiger partial charge on any atom is 0.333 e. The number of carbonyl (C=O) groups excluding carboxylic acids is 3. The molecule has 0 aromatic heterocycles. The average molecular weight is 260 g/mol. The molecule has 2 rings (SSSR count). The lowest BCUT2D eigenvalue weighted by Gasteiger charge is -2.30. The van der Waals surface area contributed by atoms with Crippen LogP contribution in [0.25, 0.3) is 0 Å². The van der Waals surface area contributed by atoms with Crippen LogP contribution < -0.4 is 5.32 Å². The molecule has 0 bridgehead atoms. The number of carbonyl (C=O) groups is 3. The molecule has 9 nitrogen and oxygen atoms in total. The predicted octanol–water partition coefficient (Wildman–Crippen LogP) is -3.11. The number of hydrogen-bond donors (Lipinski definition) is 4. The van der Waals surface area contributed by atoms with Crippen molar-refractivity contribution >= 4 is 17.8 Å². The van der Waals surface area contributed by atoms with Gasteiger partial charge < -0.3 is 20.1 Å². The highest BCUT2D eigenvalue weighted by Crippen LogP contribution is 2.37. The van der Waals surface area contributed by atoms with Gasteiger partial charge in [0.25, 0.3) is 11.6 Å². The number of amides is 4. The molecule has 4 amide bonds. The Morgan fingerprint density at radius 1 is 1.50 bits per heavy atom. The van der Waals surface area contributed by atoms with E-state index in [1.165, 1.54) is 0 Å². The third-order valence-corrected chi connectivity index (χ3v) is 3.01. The van der Waals surface area contributed by atoms with E-state index in [9.17, 15) is 24.6 Å². The SMILES string of the molecule is CC(=O)N1C(=O)NC(=O)[C@]12O[C@H](CO)[C@@H](O)[C@H]2O. The highest BCUT2D eigenvalue weighted by Gasteiger charge is 2.68. The second kappa shape index (κ2) is 3.99. The van der Waals surface area contributed by atoms with Gasteiger partial charge in [0.15, 0.2) is 0 Å². The van der Waals surface area contributed by atoms with Gasteiger partial charge in [0.2, 0.25) is 5.91 Å². The largest absolute Gasteiger partial charge is 0.394 e. The minimum Gasteiger partial charge on any atom is -0.394 e. The molecule has 0 aromatic carbocycles. The van der Waals surface area contributed by atoms with Gasteiger partial charge in [-0.15, -0.1) is 0 Å².